The van der Waals surface area contributed by atoms with Crippen molar-refractivity contribution >= 4 is 23.1 Å². The number of methoxy groups -OCH3 is 1. The third kappa shape index (κ3) is 5.85. The van der Waals surface area contributed by atoms with Gasteiger partial charge in [0.1, 0.15) is 11.6 Å². The van der Waals surface area contributed by atoms with Crippen LogP contribution >= 0.6 is 0 Å². The Kier molecular flexibility index (Phi) is 7.28. The summed E-state index contributed by atoms with van der Waals surface area (Å²) in [5.41, 5.74) is 3.44. The molecule has 0 fully saturated rings. The van der Waals surface area contributed by atoms with Crippen LogP contribution in [0.25, 0.3) is 0 Å². The molecule has 0 bridgehead atoms. The van der Waals surface area contributed by atoms with Gasteiger partial charge in [-0.15, -0.1) is 0 Å². The third-order valence-corrected chi connectivity index (χ3v) is 4.79. The van der Waals surface area contributed by atoms with Crippen molar-refractivity contribution in [2.75, 3.05) is 42.3 Å². The molecule has 0 saturated heterocycles. The van der Waals surface area contributed by atoms with E-state index in [1.165, 1.54) is 11.3 Å². The molecule has 3 aromatic rings. The summed E-state index contributed by atoms with van der Waals surface area (Å²) in [5.74, 6) is 2.25. The second-order valence-electron chi connectivity index (χ2n) is 6.63. The summed E-state index contributed by atoms with van der Waals surface area (Å²) in [6.45, 7) is 7.11. The summed E-state index contributed by atoms with van der Waals surface area (Å²) < 4.78 is 5.19. The molecule has 0 aliphatic rings. The Morgan fingerprint density at radius 3 is 2.31 bits per heavy atom. The van der Waals surface area contributed by atoms with Crippen LogP contribution in [-0.4, -0.2) is 36.7 Å². The first-order valence-electron chi connectivity index (χ1n) is 10.0. The first kappa shape index (κ1) is 20.5. The van der Waals surface area contributed by atoms with Crippen molar-refractivity contribution < 1.29 is 4.74 Å². The van der Waals surface area contributed by atoms with Gasteiger partial charge in [0, 0.05) is 37.2 Å². The van der Waals surface area contributed by atoms with Crippen LogP contribution in [0.5, 0.6) is 5.75 Å². The smallest absolute Gasteiger partial charge is 0.229 e. The van der Waals surface area contributed by atoms with E-state index < -0.39 is 0 Å². The van der Waals surface area contributed by atoms with E-state index in [0.717, 1.165) is 43.3 Å². The van der Waals surface area contributed by atoms with Crippen LogP contribution in [0.3, 0.4) is 0 Å². The van der Waals surface area contributed by atoms with E-state index in [2.05, 4.69) is 75.7 Å². The molecule has 0 aliphatic carbocycles. The number of benzene rings is 2. The molecule has 6 heteroatoms. The fourth-order valence-electron chi connectivity index (χ4n) is 3.12. The highest BCUT2D eigenvalue weighted by molar-refractivity contribution is 5.60. The largest absolute Gasteiger partial charge is 0.497 e. The molecule has 0 unspecified atom stereocenters. The average Bonchev–Trinajstić information content (AvgIpc) is 2.76. The van der Waals surface area contributed by atoms with Crippen LogP contribution in [0.1, 0.15) is 19.4 Å². The van der Waals surface area contributed by atoms with Gasteiger partial charge in [-0.1, -0.05) is 12.1 Å². The van der Waals surface area contributed by atoms with E-state index >= 15 is 0 Å². The fraction of sp³-hybridized carbons (Fsp3) is 0.304. The van der Waals surface area contributed by atoms with Crippen LogP contribution in [0.15, 0.2) is 60.8 Å². The van der Waals surface area contributed by atoms with Crippen molar-refractivity contribution in [3.05, 3.63) is 66.4 Å². The maximum absolute atomic E-state index is 5.19. The minimum Gasteiger partial charge on any atom is -0.497 e. The van der Waals surface area contributed by atoms with Crippen molar-refractivity contribution in [2.24, 2.45) is 0 Å². The van der Waals surface area contributed by atoms with Crippen LogP contribution in [0.2, 0.25) is 0 Å². The first-order chi connectivity index (χ1) is 14.2. The van der Waals surface area contributed by atoms with Crippen molar-refractivity contribution in [3.63, 3.8) is 0 Å². The molecule has 0 spiro atoms. The predicted octanol–water partition coefficient (Wildman–Crippen LogP) is 4.73. The Balaban J connectivity index is 1.54. The summed E-state index contributed by atoms with van der Waals surface area (Å²) in [6.07, 6.45) is 2.67. The molecule has 152 valence electrons. The van der Waals surface area contributed by atoms with Crippen LogP contribution in [-0.2, 0) is 6.42 Å². The van der Waals surface area contributed by atoms with Gasteiger partial charge in [-0.3, -0.25) is 0 Å². The number of nitrogens with zero attached hydrogens (tertiary/aromatic N) is 3. The van der Waals surface area contributed by atoms with Gasteiger partial charge in [0.15, 0.2) is 0 Å². The minimum absolute atomic E-state index is 0.579. The molecule has 29 heavy (non-hydrogen) atoms. The highest BCUT2D eigenvalue weighted by atomic mass is 16.5. The first-order valence-corrected chi connectivity index (χ1v) is 10.0. The van der Waals surface area contributed by atoms with Crippen molar-refractivity contribution in [1.82, 2.24) is 9.97 Å². The van der Waals surface area contributed by atoms with Crippen molar-refractivity contribution in [2.45, 2.75) is 20.3 Å². The molecule has 0 amide bonds. The Hall–Kier alpha value is -3.28. The van der Waals surface area contributed by atoms with Gasteiger partial charge in [0.2, 0.25) is 5.95 Å². The van der Waals surface area contributed by atoms with Gasteiger partial charge < -0.3 is 20.3 Å². The summed E-state index contributed by atoms with van der Waals surface area (Å²) >= 11 is 0. The number of ether oxygens (including phenoxy) is 1. The Morgan fingerprint density at radius 1 is 0.931 bits per heavy atom. The van der Waals surface area contributed by atoms with Crippen LogP contribution in [0, 0.1) is 0 Å². The van der Waals surface area contributed by atoms with Gasteiger partial charge in [-0.2, -0.15) is 4.98 Å². The highest BCUT2D eigenvalue weighted by Crippen LogP contribution is 2.20. The quantitative estimate of drug-likeness (QED) is 0.521. The predicted molar refractivity (Wildman–Crippen MR) is 121 cm³/mol. The SMILES string of the molecule is CCN(CC)c1ccc(Nc2nccc(NCCc3ccc(OC)cc3)n2)cc1. The molecule has 3 rings (SSSR count). The Bertz CT molecular complexity index is 877. The molecular formula is C23H29N5O. The molecule has 0 saturated carbocycles. The second kappa shape index (κ2) is 10.3. The van der Waals surface area contributed by atoms with Gasteiger partial charge in [0.25, 0.3) is 0 Å². The molecule has 6 nitrogen and oxygen atoms in total. The summed E-state index contributed by atoms with van der Waals surface area (Å²) in [6, 6.07) is 18.3. The molecular weight excluding hydrogens is 362 g/mol. The monoisotopic (exact) mass is 391 g/mol. The maximum Gasteiger partial charge on any atom is 0.229 e. The lowest BCUT2D eigenvalue weighted by molar-refractivity contribution is 0.414. The lowest BCUT2D eigenvalue weighted by Gasteiger charge is -2.21. The molecule has 1 heterocycles. The lowest BCUT2D eigenvalue weighted by atomic mass is 10.1. The van der Waals surface area contributed by atoms with E-state index in [0.29, 0.717) is 5.95 Å². The molecule has 0 aliphatic heterocycles. The molecule has 2 aromatic carbocycles. The van der Waals surface area contributed by atoms with E-state index in [-0.39, 0.29) is 0 Å². The number of hydrogen-bond donors (Lipinski definition) is 2. The van der Waals surface area contributed by atoms with E-state index in [9.17, 15) is 0 Å². The van der Waals surface area contributed by atoms with Crippen LogP contribution < -0.4 is 20.3 Å². The number of rotatable bonds is 10. The van der Waals surface area contributed by atoms with Gasteiger partial charge in [-0.05, 0) is 68.3 Å². The molecule has 0 radical (unpaired) electrons. The Labute approximate surface area is 173 Å². The third-order valence-electron chi connectivity index (χ3n) is 4.79. The normalized spacial score (nSPS) is 10.4. The maximum atomic E-state index is 5.19. The number of hydrogen-bond acceptors (Lipinski definition) is 6. The lowest BCUT2D eigenvalue weighted by Crippen LogP contribution is -2.21. The van der Waals surface area contributed by atoms with E-state index in [1.54, 1.807) is 13.3 Å². The fourth-order valence-corrected chi connectivity index (χ4v) is 3.12. The summed E-state index contributed by atoms with van der Waals surface area (Å²) in [7, 11) is 1.68. The molecule has 2 N–H and O–H groups in total. The van der Waals surface area contributed by atoms with Crippen molar-refractivity contribution in [1.29, 1.82) is 0 Å². The molecule has 0 atom stereocenters. The minimum atomic E-state index is 0.579. The summed E-state index contributed by atoms with van der Waals surface area (Å²) in [4.78, 5) is 11.2. The number of aromatic nitrogens is 2. The summed E-state index contributed by atoms with van der Waals surface area (Å²) in [5, 5.41) is 6.63. The second-order valence-corrected chi connectivity index (χ2v) is 6.63. The average molecular weight is 392 g/mol. The topological polar surface area (TPSA) is 62.3 Å². The Morgan fingerprint density at radius 2 is 1.66 bits per heavy atom. The standard InChI is InChI=1S/C23H29N5O/c1-4-28(5-2)20-10-8-19(9-11-20)26-23-25-17-15-22(27-23)24-16-14-18-6-12-21(29-3)13-7-18/h6-13,15,17H,4-5,14,16H2,1-3H3,(H2,24,25,26,27). The zero-order valence-corrected chi connectivity index (χ0v) is 17.4. The van der Waals surface area contributed by atoms with E-state index in [4.69, 9.17) is 4.74 Å². The highest BCUT2D eigenvalue weighted by Gasteiger charge is 2.04. The van der Waals surface area contributed by atoms with Gasteiger partial charge in [0.05, 0.1) is 7.11 Å². The van der Waals surface area contributed by atoms with E-state index in [1.807, 2.05) is 18.2 Å². The van der Waals surface area contributed by atoms with Crippen molar-refractivity contribution in [3.8, 4) is 5.75 Å². The molecule has 1 aromatic heterocycles. The van der Waals surface area contributed by atoms with Crippen LogP contribution in [0.4, 0.5) is 23.1 Å². The van der Waals surface area contributed by atoms with Gasteiger partial charge in [-0.25, -0.2) is 4.98 Å². The zero-order chi connectivity index (χ0) is 20.5. The number of nitrogens with one attached hydrogen (secondary N) is 2. The zero-order valence-electron chi connectivity index (χ0n) is 17.4. The number of anilines is 4. The van der Waals surface area contributed by atoms with Gasteiger partial charge >= 0.3 is 0 Å².